The van der Waals surface area contributed by atoms with E-state index in [2.05, 4.69) is 0 Å². The molecule has 104 valence electrons. The summed E-state index contributed by atoms with van der Waals surface area (Å²) in [6, 6.07) is 10.6. The highest BCUT2D eigenvalue weighted by molar-refractivity contribution is 6.63. The Balaban J connectivity index is 2.25. The summed E-state index contributed by atoms with van der Waals surface area (Å²) in [4.78, 5) is 10.9. The first-order valence-corrected chi connectivity index (χ1v) is 6.59. The zero-order valence-corrected chi connectivity index (χ0v) is 11.6. The van der Waals surface area contributed by atoms with Gasteiger partial charge in [0.2, 0.25) is 5.24 Å². The minimum absolute atomic E-state index is 0.00659. The third-order valence-corrected chi connectivity index (χ3v) is 3.34. The van der Waals surface area contributed by atoms with Gasteiger partial charge in [0, 0.05) is 18.1 Å². The van der Waals surface area contributed by atoms with Gasteiger partial charge in [-0.05, 0) is 40.8 Å². The minimum atomic E-state index is -0.600. The second-order valence-electron chi connectivity index (χ2n) is 4.71. The molecule has 20 heavy (non-hydrogen) atoms. The Bertz CT molecular complexity index is 623. The van der Waals surface area contributed by atoms with E-state index in [1.165, 1.54) is 12.1 Å². The van der Waals surface area contributed by atoms with Crippen LogP contribution in [0, 0.1) is 11.6 Å². The molecule has 2 aromatic rings. The van der Waals surface area contributed by atoms with E-state index in [1.54, 1.807) is 12.1 Å². The van der Waals surface area contributed by atoms with Gasteiger partial charge in [0.25, 0.3) is 0 Å². The highest BCUT2D eigenvalue weighted by Crippen LogP contribution is 2.27. The number of hydrogen-bond acceptors (Lipinski definition) is 1. The summed E-state index contributed by atoms with van der Waals surface area (Å²) in [7, 11) is 0. The zero-order valence-electron chi connectivity index (χ0n) is 10.9. The lowest BCUT2D eigenvalue weighted by Crippen LogP contribution is -1.98. The molecule has 2 rings (SSSR count). The fourth-order valence-electron chi connectivity index (χ4n) is 2.07. The number of carbonyl (C=O) groups excluding carboxylic acids is 1. The average molecular weight is 295 g/mol. The second-order valence-corrected chi connectivity index (χ2v) is 5.13. The molecule has 0 aromatic heterocycles. The van der Waals surface area contributed by atoms with Crippen molar-refractivity contribution in [1.82, 2.24) is 0 Å². The Morgan fingerprint density at radius 2 is 1.80 bits per heavy atom. The fraction of sp³-hybridized carbons (Fsp3) is 0.188. The van der Waals surface area contributed by atoms with E-state index in [1.807, 2.05) is 19.1 Å². The summed E-state index contributed by atoms with van der Waals surface area (Å²) in [5, 5.41) is -0.383. The van der Waals surface area contributed by atoms with Crippen LogP contribution in [0.4, 0.5) is 8.78 Å². The molecule has 0 aliphatic carbocycles. The molecule has 1 unspecified atom stereocenters. The van der Waals surface area contributed by atoms with Crippen molar-refractivity contribution in [3.63, 3.8) is 0 Å². The summed E-state index contributed by atoms with van der Waals surface area (Å²) in [6.45, 7) is 1.90. The van der Waals surface area contributed by atoms with Gasteiger partial charge in [-0.2, -0.15) is 0 Å². The number of benzene rings is 2. The average Bonchev–Trinajstić information content (AvgIpc) is 2.38. The molecule has 1 nitrogen and oxygen atoms in total. The van der Waals surface area contributed by atoms with E-state index in [0.29, 0.717) is 11.1 Å². The molecular weight excluding hydrogens is 282 g/mol. The van der Waals surface area contributed by atoms with Crippen LogP contribution in [-0.2, 0) is 4.79 Å². The van der Waals surface area contributed by atoms with Crippen molar-refractivity contribution in [2.75, 3.05) is 0 Å². The van der Waals surface area contributed by atoms with Crippen LogP contribution in [-0.4, -0.2) is 5.24 Å². The molecule has 0 amide bonds. The molecule has 0 fully saturated rings. The maximum Gasteiger partial charge on any atom is 0.222 e. The van der Waals surface area contributed by atoms with Gasteiger partial charge in [-0.3, -0.25) is 4.79 Å². The van der Waals surface area contributed by atoms with Crippen LogP contribution < -0.4 is 0 Å². The van der Waals surface area contributed by atoms with Crippen molar-refractivity contribution in [2.45, 2.75) is 19.3 Å². The van der Waals surface area contributed by atoms with Crippen LogP contribution in [0.5, 0.6) is 0 Å². The predicted octanol–water partition coefficient (Wildman–Crippen LogP) is 4.89. The third-order valence-electron chi connectivity index (χ3n) is 3.19. The Morgan fingerprint density at radius 1 is 1.15 bits per heavy atom. The Labute approximate surface area is 121 Å². The maximum atomic E-state index is 13.7. The number of carbonyl (C=O) groups is 1. The van der Waals surface area contributed by atoms with E-state index >= 15 is 0 Å². The molecule has 0 saturated carbocycles. The van der Waals surface area contributed by atoms with E-state index in [4.69, 9.17) is 11.6 Å². The highest BCUT2D eigenvalue weighted by atomic mass is 35.5. The number of hydrogen-bond donors (Lipinski definition) is 0. The molecule has 0 N–H and O–H groups in total. The van der Waals surface area contributed by atoms with Crippen molar-refractivity contribution in [3.8, 4) is 11.1 Å². The molecular formula is C16H13ClF2O. The molecule has 2 aromatic carbocycles. The lowest BCUT2D eigenvalue weighted by Gasteiger charge is -2.10. The van der Waals surface area contributed by atoms with Crippen LogP contribution in [0.3, 0.4) is 0 Å². The van der Waals surface area contributed by atoms with Crippen molar-refractivity contribution in [2.24, 2.45) is 0 Å². The maximum absolute atomic E-state index is 13.7. The molecule has 0 bridgehead atoms. The summed E-state index contributed by atoms with van der Waals surface area (Å²) < 4.78 is 26.5. The van der Waals surface area contributed by atoms with Crippen LogP contribution in [0.1, 0.15) is 24.8 Å². The van der Waals surface area contributed by atoms with Gasteiger partial charge in [-0.1, -0.05) is 31.2 Å². The first kappa shape index (κ1) is 14.7. The Hall–Kier alpha value is -1.74. The van der Waals surface area contributed by atoms with Gasteiger partial charge in [0.15, 0.2) is 0 Å². The van der Waals surface area contributed by atoms with E-state index < -0.39 is 11.6 Å². The van der Waals surface area contributed by atoms with E-state index in [0.717, 1.165) is 11.6 Å². The molecule has 1 atom stereocenters. The second kappa shape index (κ2) is 6.14. The van der Waals surface area contributed by atoms with E-state index in [-0.39, 0.29) is 17.6 Å². The Kier molecular flexibility index (Phi) is 4.50. The lowest BCUT2D eigenvalue weighted by molar-refractivity contribution is -0.111. The summed E-state index contributed by atoms with van der Waals surface area (Å²) >= 11 is 5.36. The third kappa shape index (κ3) is 3.42. The van der Waals surface area contributed by atoms with Gasteiger partial charge in [-0.15, -0.1) is 0 Å². The molecule has 0 aliphatic rings. The standard InChI is InChI=1S/C16H13ClF2O/c1-10(8-16(17)20)11-2-4-12(5-3-11)14-7-6-13(18)9-15(14)19/h2-7,9-10H,8H2,1H3. The molecule has 0 aliphatic heterocycles. The van der Waals surface area contributed by atoms with Crippen molar-refractivity contribution in [1.29, 1.82) is 0 Å². The molecule has 0 heterocycles. The fourth-order valence-corrected chi connectivity index (χ4v) is 2.30. The SMILES string of the molecule is CC(CC(=O)Cl)c1ccc(-c2ccc(F)cc2F)cc1. The monoisotopic (exact) mass is 294 g/mol. The highest BCUT2D eigenvalue weighted by Gasteiger charge is 2.11. The quantitative estimate of drug-likeness (QED) is 0.734. The van der Waals surface area contributed by atoms with Gasteiger partial charge >= 0.3 is 0 Å². The Morgan fingerprint density at radius 3 is 2.35 bits per heavy atom. The van der Waals surface area contributed by atoms with Gasteiger partial charge < -0.3 is 0 Å². The smallest absolute Gasteiger partial charge is 0.222 e. The largest absolute Gasteiger partial charge is 0.281 e. The molecule has 0 radical (unpaired) electrons. The zero-order chi connectivity index (χ0) is 14.7. The molecule has 0 spiro atoms. The van der Waals surface area contributed by atoms with Crippen LogP contribution >= 0.6 is 11.6 Å². The topological polar surface area (TPSA) is 17.1 Å². The van der Waals surface area contributed by atoms with Crippen LogP contribution in [0.2, 0.25) is 0 Å². The van der Waals surface area contributed by atoms with E-state index in [9.17, 15) is 13.6 Å². The molecule has 0 saturated heterocycles. The van der Waals surface area contributed by atoms with Gasteiger partial charge in [0.1, 0.15) is 11.6 Å². The summed E-state index contributed by atoms with van der Waals surface area (Å²) in [6.07, 6.45) is 0.256. The van der Waals surface area contributed by atoms with Crippen molar-refractivity contribution < 1.29 is 13.6 Å². The summed E-state index contributed by atoms with van der Waals surface area (Å²) in [5.74, 6) is -1.19. The minimum Gasteiger partial charge on any atom is -0.281 e. The van der Waals surface area contributed by atoms with Crippen molar-refractivity contribution in [3.05, 3.63) is 59.7 Å². The first-order valence-electron chi connectivity index (χ1n) is 6.21. The predicted molar refractivity (Wildman–Crippen MR) is 75.7 cm³/mol. The van der Waals surface area contributed by atoms with Gasteiger partial charge in [-0.25, -0.2) is 8.78 Å². The number of rotatable bonds is 4. The van der Waals surface area contributed by atoms with Gasteiger partial charge in [0.05, 0.1) is 0 Å². The molecule has 4 heteroatoms. The summed E-state index contributed by atoms with van der Waals surface area (Å²) in [5.41, 5.74) is 1.96. The normalized spacial score (nSPS) is 12.2. The number of halogens is 3. The lowest BCUT2D eigenvalue weighted by atomic mass is 9.95. The van der Waals surface area contributed by atoms with Crippen LogP contribution in [0.25, 0.3) is 11.1 Å². The van der Waals surface area contributed by atoms with Crippen molar-refractivity contribution >= 4 is 16.8 Å². The first-order chi connectivity index (χ1) is 9.47. The van der Waals surface area contributed by atoms with Crippen LogP contribution in [0.15, 0.2) is 42.5 Å².